The molecule has 36 valence electrons. The van der Waals surface area contributed by atoms with E-state index in [-0.39, 0.29) is 13.2 Å². The number of halogens is 1. The maximum absolute atomic E-state index is 11.1. The summed E-state index contributed by atoms with van der Waals surface area (Å²) in [4.78, 5) is 0. The van der Waals surface area contributed by atoms with Crippen LogP contribution in [-0.2, 0) is 0 Å². The number of nitrogens with zero attached hydrogens (tertiary/aromatic N) is 1. The number of rotatable bonds is 3. The summed E-state index contributed by atoms with van der Waals surface area (Å²) in [7, 11) is 0. The van der Waals surface area contributed by atoms with Gasteiger partial charge in [-0.25, -0.2) is 0 Å². The summed E-state index contributed by atoms with van der Waals surface area (Å²) < 4.78 is 11.1. The Morgan fingerprint density at radius 2 is 2.00 bits per heavy atom. The van der Waals surface area contributed by atoms with Crippen LogP contribution >= 0.6 is 0 Å². The summed E-state index contributed by atoms with van der Waals surface area (Å²) in [6.07, 6.45) is 1.09. The second kappa shape index (κ2) is 4.89. The van der Waals surface area contributed by atoms with Gasteiger partial charge in [0.05, 0.1) is 6.67 Å². The molecule has 1 nitrogen and oxygen atoms in total. The fourth-order valence-corrected chi connectivity index (χ4v) is 0.206. The quantitative estimate of drug-likeness (QED) is 0.456. The van der Waals surface area contributed by atoms with Crippen LogP contribution in [0.4, 0.5) is 4.39 Å². The molecule has 0 bridgehead atoms. The maximum Gasteiger partial charge on any atom is 0.0895 e. The summed E-state index contributed by atoms with van der Waals surface area (Å²) in [6, 6.07) is 0. The molecule has 0 atom stereocenters. The Balaban J connectivity index is 2.34. The van der Waals surface area contributed by atoms with Crippen LogP contribution in [0.5, 0.6) is 0 Å². The maximum atomic E-state index is 11.1. The Bertz CT molecular complexity index is 19.5. The van der Waals surface area contributed by atoms with Gasteiger partial charge in [-0.1, -0.05) is 0 Å². The van der Waals surface area contributed by atoms with Crippen LogP contribution in [0.25, 0.3) is 0 Å². The first-order chi connectivity index (χ1) is 2.91. The van der Waals surface area contributed by atoms with Crippen molar-refractivity contribution in [2.75, 3.05) is 13.2 Å². The molecule has 0 heterocycles. The summed E-state index contributed by atoms with van der Waals surface area (Å²) >= 11 is 0. The largest absolute Gasteiger partial charge is 0.251 e. The fourth-order valence-electron chi connectivity index (χ4n) is 0.206. The van der Waals surface area contributed by atoms with Gasteiger partial charge < -0.3 is 0 Å². The minimum Gasteiger partial charge on any atom is -0.251 e. The van der Waals surface area contributed by atoms with E-state index < -0.39 is 0 Å². The van der Waals surface area contributed by atoms with Crippen LogP contribution in [0.3, 0.4) is 0 Å². The van der Waals surface area contributed by atoms with E-state index in [1.54, 1.807) is 0 Å². The molecule has 0 spiro atoms. The number of hydrogen-bond acceptors (Lipinski definition) is 0. The van der Waals surface area contributed by atoms with Crippen molar-refractivity contribution >= 4 is 0 Å². The fraction of sp³-hybridized carbons (Fsp3) is 1.00. The molecule has 0 unspecified atom stereocenters. The van der Waals surface area contributed by atoms with E-state index in [4.69, 9.17) is 5.73 Å². The van der Waals surface area contributed by atoms with E-state index in [9.17, 15) is 4.39 Å². The lowest BCUT2D eigenvalue weighted by Crippen LogP contribution is -1.84. The predicted octanol–water partition coefficient (Wildman–Crippen LogP) is 0.805. The predicted molar refractivity (Wildman–Crippen MR) is 22.2 cm³/mol. The van der Waals surface area contributed by atoms with Crippen molar-refractivity contribution in [1.82, 2.24) is 5.73 Å². The molecule has 0 aliphatic heterocycles. The molecule has 0 aliphatic carbocycles. The van der Waals surface area contributed by atoms with Crippen LogP contribution in [-0.4, -0.2) is 13.2 Å². The zero-order valence-electron chi connectivity index (χ0n) is 3.65. The summed E-state index contributed by atoms with van der Waals surface area (Å²) in [5.41, 5.74) is 8.03. The van der Waals surface area contributed by atoms with Gasteiger partial charge in [-0.15, -0.1) is 5.73 Å². The van der Waals surface area contributed by atoms with E-state index in [0.29, 0.717) is 12.8 Å². The van der Waals surface area contributed by atoms with Crippen molar-refractivity contribution < 1.29 is 4.39 Å². The van der Waals surface area contributed by atoms with Crippen molar-refractivity contribution in [2.24, 2.45) is 0 Å². The van der Waals surface area contributed by atoms with Crippen molar-refractivity contribution in [1.29, 1.82) is 0 Å². The SMILES string of the molecule is [N]CCCCF. The lowest BCUT2D eigenvalue weighted by molar-refractivity contribution is 0.463. The van der Waals surface area contributed by atoms with E-state index in [0.717, 1.165) is 0 Å². The molecule has 0 saturated carbocycles. The van der Waals surface area contributed by atoms with Crippen LogP contribution in [0.1, 0.15) is 12.8 Å². The third kappa shape index (κ3) is 3.89. The minimum atomic E-state index is -0.305. The van der Waals surface area contributed by atoms with Crippen LogP contribution in [0, 0.1) is 0 Å². The van der Waals surface area contributed by atoms with Crippen molar-refractivity contribution in [3.8, 4) is 0 Å². The molecule has 0 aliphatic rings. The Hall–Kier alpha value is -0.110. The lowest BCUT2D eigenvalue weighted by atomic mass is 10.3. The topological polar surface area (TPSA) is 22.3 Å². The molecule has 0 saturated heterocycles. The molecular weight excluding hydrogens is 81.0 g/mol. The van der Waals surface area contributed by atoms with Crippen molar-refractivity contribution in [3.05, 3.63) is 0 Å². The summed E-state index contributed by atoms with van der Waals surface area (Å²) in [5.74, 6) is 0. The highest BCUT2D eigenvalue weighted by Crippen LogP contribution is 1.84. The van der Waals surface area contributed by atoms with Crippen LogP contribution in [0.15, 0.2) is 0 Å². The smallest absolute Gasteiger partial charge is 0.0895 e. The van der Waals surface area contributed by atoms with Gasteiger partial charge >= 0.3 is 0 Å². The Labute approximate surface area is 37.3 Å². The summed E-state index contributed by atoms with van der Waals surface area (Å²) in [6.45, 7) is -0.190. The van der Waals surface area contributed by atoms with E-state index >= 15 is 0 Å². The molecular formula is C4H8FN. The van der Waals surface area contributed by atoms with E-state index in [1.165, 1.54) is 0 Å². The van der Waals surface area contributed by atoms with Crippen molar-refractivity contribution in [3.63, 3.8) is 0 Å². The van der Waals surface area contributed by atoms with Crippen molar-refractivity contribution in [2.45, 2.75) is 12.8 Å². The Kier molecular flexibility index (Phi) is 4.80. The molecule has 0 rings (SSSR count). The number of alkyl halides is 1. The molecule has 2 radical (unpaired) electrons. The first kappa shape index (κ1) is 5.89. The Morgan fingerprint density at radius 1 is 1.33 bits per heavy atom. The van der Waals surface area contributed by atoms with Gasteiger partial charge in [0.2, 0.25) is 0 Å². The highest BCUT2D eigenvalue weighted by molar-refractivity contribution is 4.34. The normalized spacial score (nSPS) is 9.00. The van der Waals surface area contributed by atoms with Gasteiger partial charge in [-0.2, -0.15) is 0 Å². The van der Waals surface area contributed by atoms with Gasteiger partial charge in [0.15, 0.2) is 0 Å². The zero-order chi connectivity index (χ0) is 4.83. The molecule has 0 aromatic heterocycles. The van der Waals surface area contributed by atoms with Gasteiger partial charge in [-0.3, -0.25) is 4.39 Å². The van der Waals surface area contributed by atoms with Gasteiger partial charge in [0.25, 0.3) is 0 Å². The highest BCUT2D eigenvalue weighted by atomic mass is 19.1. The zero-order valence-corrected chi connectivity index (χ0v) is 3.65. The van der Waals surface area contributed by atoms with Crippen LogP contribution in [0.2, 0.25) is 0 Å². The average Bonchev–Trinajstić information content (AvgIpc) is 1.61. The Morgan fingerprint density at radius 3 is 2.17 bits per heavy atom. The third-order valence-electron chi connectivity index (χ3n) is 0.542. The average molecular weight is 89.1 g/mol. The second-order valence-electron chi connectivity index (χ2n) is 1.12. The molecule has 0 aromatic carbocycles. The standard InChI is InChI=1S/C4H8FN/c5-3-1-2-4-6/h1-4H2. The minimum absolute atomic E-state index is 0.115. The molecule has 6 heavy (non-hydrogen) atoms. The van der Waals surface area contributed by atoms with Gasteiger partial charge in [0.1, 0.15) is 0 Å². The second-order valence-corrected chi connectivity index (χ2v) is 1.12. The third-order valence-corrected chi connectivity index (χ3v) is 0.542. The van der Waals surface area contributed by atoms with Crippen LogP contribution < -0.4 is 5.73 Å². The van der Waals surface area contributed by atoms with Gasteiger partial charge in [0, 0.05) is 6.54 Å². The van der Waals surface area contributed by atoms with E-state index in [1.807, 2.05) is 0 Å². The first-order valence-corrected chi connectivity index (χ1v) is 2.08. The number of hydrogen-bond donors (Lipinski definition) is 0. The highest BCUT2D eigenvalue weighted by Gasteiger charge is 1.79. The monoisotopic (exact) mass is 89.1 g/mol. The lowest BCUT2D eigenvalue weighted by Gasteiger charge is -1.82. The molecule has 0 fully saturated rings. The molecule has 0 aromatic rings. The summed E-state index contributed by atoms with van der Waals surface area (Å²) in [5, 5.41) is 0. The van der Waals surface area contributed by atoms with Gasteiger partial charge in [-0.05, 0) is 12.8 Å². The number of unbranched alkanes of at least 4 members (excludes halogenated alkanes) is 1. The molecule has 2 heteroatoms. The molecule has 0 N–H and O–H groups in total. The first-order valence-electron chi connectivity index (χ1n) is 2.08. The molecule has 0 amide bonds. The van der Waals surface area contributed by atoms with E-state index in [2.05, 4.69) is 0 Å².